The largest absolute Gasteiger partial charge is 0.468 e. The van der Waals surface area contributed by atoms with Gasteiger partial charge in [-0.05, 0) is 17.7 Å². The van der Waals surface area contributed by atoms with Crippen LogP contribution in [0, 0.1) is 0 Å². The van der Waals surface area contributed by atoms with Crippen molar-refractivity contribution in [2.24, 2.45) is 0 Å². The van der Waals surface area contributed by atoms with Gasteiger partial charge in [-0.15, -0.1) is 0 Å². The summed E-state index contributed by atoms with van der Waals surface area (Å²) < 4.78 is 33.4. The predicted molar refractivity (Wildman–Crippen MR) is 70.4 cm³/mol. The molecule has 1 aliphatic heterocycles. The van der Waals surface area contributed by atoms with Gasteiger partial charge < -0.3 is 4.42 Å². The van der Waals surface area contributed by atoms with Crippen LogP contribution in [0.4, 0.5) is 0 Å². The van der Waals surface area contributed by atoms with E-state index in [0.717, 1.165) is 5.56 Å². The Morgan fingerprint density at radius 1 is 1.21 bits per heavy atom. The number of furan rings is 1. The number of hydrogen-bond acceptors (Lipinski definition) is 3. The van der Waals surface area contributed by atoms with Gasteiger partial charge in [-0.2, -0.15) is 17.4 Å². The maximum atomic E-state index is 12.0. The van der Waals surface area contributed by atoms with E-state index in [9.17, 15) is 8.42 Å². The molecule has 1 aromatic heterocycles. The number of hydrogen-bond donors (Lipinski definition) is 1. The van der Waals surface area contributed by atoms with Gasteiger partial charge in [0.25, 0.3) is 10.2 Å². The van der Waals surface area contributed by atoms with Gasteiger partial charge in [0.05, 0.1) is 12.3 Å². The number of benzene rings is 1. The predicted octanol–water partition coefficient (Wildman–Crippen LogP) is 1.67. The molecule has 0 unspecified atom stereocenters. The van der Waals surface area contributed by atoms with E-state index in [1.165, 1.54) is 4.31 Å². The van der Waals surface area contributed by atoms with Crippen molar-refractivity contribution in [3.8, 4) is 0 Å². The van der Waals surface area contributed by atoms with E-state index in [2.05, 4.69) is 4.72 Å². The zero-order valence-electron chi connectivity index (χ0n) is 10.2. The quantitative estimate of drug-likeness (QED) is 0.929. The van der Waals surface area contributed by atoms with Crippen molar-refractivity contribution in [1.29, 1.82) is 0 Å². The fraction of sp³-hybridized carbons (Fsp3) is 0.231. The molecule has 100 valence electrons. The van der Waals surface area contributed by atoms with Crippen LogP contribution in [0.5, 0.6) is 0 Å². The van der Waals surface area contributed by atoms with Crippen molar-refractivity contribution < 1.29 is 12.8 Å². The summed E-state index contributed by atoms with van der Waals surface area (Å²) in [7, 11) is -3.44. The minimum Gasteiger partial charge on any atom is -0.468 e. The Kier molecular flexibility index (Phi) is 3.14. The molecule has 6 heteroatoms. The van der Waals surface area contributed by atoms with Crippen LogP contribution in [0.25, 0.3) is 0 Å². The maximum absolute atomic E-state index is 12.0. The molecule has 5 nitrogen and oxygen atoms in total. The van der Waals surface area contributed by atoms with Crippen LogP contribution in [0.15, 0.2) is 53.1 Å². The third kappa shape index (κ3) is 2.56. The lowest BCUT2D eigenvalue weighted by Crippen LogP contribution is -2.29. The Bertz CT molecular complexity index is 638. The highest BCUT2D eigenvalue weighted by Gasteiger charge is 2.37. The van der Waals surface area contributed by atoms with Crippen LogP contribution < -0.4 is 4.72 Å². The number of nitrogens with zero attached hydrogens (tertiary/aromatic N) is 1. The summed E-state index contributed by atoms with van der Waals surface area (Å²) in [6, 6.07) is 12.7. The average molecular weight is 278 g/mol. The minimum atomic E-state index is -3.44. The molecule has 0 amide bonds. The SMILES string of the molecule is O=S1(=O)N[C@@H](c2ccco2)CN1Cc1ccccc1. The lowest BCUT2D eigenvalue weighted by Gasteiger charge is -2.12. The van der Waals surface area contributed by atoms with Gasteiger partial charge in [-0.25, -0.2) is 0 Å². The molecule has 2 aromatic rings. The molecule has 0 spiro atoms. The molecule has 1 aromatic carbocycles. The lowest BCUT2D eigenvalue weighted by molar-refractivity contribution is 0.393. The van der Waals surface area contributed by atoms with E-state index < -0.39 is 10.2 Å². The Morgan fingerprint density at radius 2 is 2.00 bits per heavy atom. The second kappa shape index (κ2) is 4.80. The van der Waals surface area contributed by atoms with Crippen molar-refractivity contribution in [3.63, 3.8) is 0 Å². The highest BCUT2D eigenvalue weighted by Crippen LogP contribution is 2.25. The second-order valence-corrected chi connectivity index (χ2v) is 6.17. The molecule has 19 heavy (non-hydrogen) atoms. The van der Waals surface area contributed by atoms with Crippen LogP contribution in [0.1, 0.15) is 17.4 Å². The molecule has 2 heterocycles. The minimum absolute atomic E-state index is 0.316. The van der Waals surface area contributed by atoms with Crippen LogP contribution in [0.2, 0.25) is 0 Å². The Balaban J connectivity index is 1.79. The fourth-order valence-corrected chi connectivity index (χ4v) is 3.53. The molecule has 0 radical (unpaired) electrons. The van der Waals surface area contributed by atoms with E-state index in [-0.39, 0.29) is 6.04 Å². The highest BCUT2D eigenvalue weighted by atomic mass is 32.2. The summed E-state index contributed by atoms with van der Waals surface area (Å²) in [5.41, 5.74) is 0.966. The molecule has 1 aliphatic rings. The first-order valence-corrected chi connectivity index (χ1v) is 7.44. The first-order valence-electron chi connectivity index (χ1n) is 6.00. The van der Waals surface area contributed by atoms with Crippen molar-refractivity contribution >= 4 is 10.2 Å². The Hall–Kier alpha value is -1.63. The zero-order valence-corrected chi connectivity index (χ0v) is 11.0. The topological polar surface area (TPSA) is 62.6 Å². The molecule has 0 bridgehead atoms. The molecule has 1 fully saturated rings. The van der Waals surface area contributed by atoms with Crippen LogP contribution >= 0.6 is 0 Å². The van der Waals surface area contributed by atoms with Crippen LogP contribution in [-0.2, 0) is 16.8 Å². The lowest BCUT2D eigenvalue weighted by atomic mass is 10.2. The van der Waals surface area contributed by atoms with Gasteiger partial charge in [0.15, 0.2) is 0 Å². The van der Waals surface area contributed by atoms with Crippen LogP contribution in [0.3, 0.4) is 0 Å². The van der Waals surface area contributed by atoms with Gasteiger partial charge in [-0.1, -0.05) is 30.3 Å². The van der Waals surface area contributed by atoms with Gasteiger partial charge in [0.1, 0.15) is 5.76 Å². The normalized spacial score (nSPS) is 22.6. The summed E-state index contributed by atoms with van der Waals surface area (Å²) in [5.74, 6) is 0.638. The molecular formula is C13H14N2O3S. The molecule has 1 atom stereocenters. The number of nitrogens with one attached hydrogen (secondary N) is 1. The van der Waals surface area contributed by atoms with E-state index in [0.29, 0.717) is 18.8 Å². The molecule has 3 rings (SSSR count). The van der Waals surface area contributed by atoms with Gasteiger partial charge in [0, 0.05) is 13.1 Å². The first kappa shape index (κ1) is 12.4. The van der Waals surface area contributed by atoms with Gasteiger partial charge in [0.2, 0.25) is 0 Å². The fourth-order valence-electron chi connectivity index (χ4n) is 2.17. The van der Waals surface area contributed by atoms with Crippen molar-refractivity contribution in [2.45, 2.75) is 12.6 Å². The average Bonchev–Trinajstić information content (AvgIpc) is 2.99. The van der Waals surface area contributed by atoms with E-state index in [1.807, 2.05) is 30.3 Å². The summed E-state index contributed by atoms with van der Waals surface area (Å²) in [5, 5.41) is 0. The molecule has 0 aliphatic carbocycles. The summed E-state index contributed by atoms with van der Waals surface area (Å²) in [6.07, 6.45) is 1.55. The monoisotopic (exact) mass is 278 g/mol. The van der Waals surface area contributed by atoms with E-state index in [4.69, 9.17) is 4.42 Å². The summed E-state index contributed by atoms with van der Waals surface area (Å²) >= 11 is 0. The molecule has 0 saturated carbocycles. The zero-order chi connectivity index (χ0) is 13.3. The van der Waals surface area contributed by atoms with Crippen molar-refractivity contribution in [2.75, 3.05) is 6.54 Å². The highest BCUT2D eigenvalue weighted by molar-refractivity contribution is 7.87. The maximum Gasteiger partial charge on any atom is 0.280 e. The molecule has 1 saturated heterocycles. The standard InChI is InChI=1S/C13H14N2O3S/c16-19(17)14-12(13-7-4-8-18-13)10-15(19)9-11-5-2-1-3-6-11/h1-8,12,14H,9-10H2/t12-/m1/s1. The van der Waals surface area contributed by atoms with E-state index in [1.54, 1.807) is 18.4 Å². The third-order valence-electron chi connectivity index (χ3n) is 3.11. The number of rotatable bonds is 3. The van der Waals surface area contributed by atoms with Crippen molar-refractivity contribution in [3.05, 3.63) is 60.1 Å². The van der Waals surface area contributed by atoms with Gasteiger partial charge >= 0.3 is 0 Å². The van der Waals surface area contributed by atoms with Crippen molar-refractivity contribution in [1.82, 2.24) is 9.03 Å². The Morgan fingerprint density at radius 3 is 2.68 bits per heavy atom. The molecular weight excluding hydrogens is 264 g/mol. The third-order valence-corrected chi connectivity index (χ3v) is 4.65. The van der Waals surface area contributed by atoms with E-state index >= 15 is 0 Å². The first-order chi connectivity index (χ1) is 9.15. The second-order valence-electron chi connectivity index (χ2n) is 4.47. The molecule has 1 N–H and O–H groups in total. The summed E-state index contributed by atoms with van der Waals surface area (Å²) in [4.78, 5) is 0. The summed E-state index contributed by atoms with van der Waals surface area (Å²) in [6.45, 7) is 0.748. The van der Waals surface area contributed by atoms with Gasteiger partial charge in [-0.3, -0.25) is 0 Å². The smallest absolute Gasteiger partial charge is 0.280 e. The Labute approximate surface area is 112 Å². The van der Waals surface area contributed by atoms with Crippen LogP contribution in [-0.4, -0.2) is 19.3 Å².